The van der Waals surface area contributed by atoms with Crippen LogP contribution in [0.25, 0.3) is 0 Å². The Morgan fingerprint density at radius 3 is 1.33 bits per heavy atom. The molecule has 2 amide bonds. The Hall–Kier alpha value is -3.94. The van der Waals surface area contributed by atoms with Gasteiger partial charge in [-0.15, -0.1) is 0 Å². The van der Waals surface area contributed by atoms with Crippen molar-refractivity contribution in [1.29, 1.82) is 0 Å². The molecule has 0 aliphatic carbocycles. The molecule has 0 aliphatic rings. The van der Waals surface area contributed by atoms with Gasteiger partial charge in [0, 0.05) is 23.5 Å². The summed E-state index contributed by atoms with van der Waals surface area (Å²) >= 11 is 0. The van der Waals surface area contributed by atoms with Crippen LogP contribution >= 0.6 is 0 Å². The second-order valence-corrected chi connectivity index (χ2v) is 6.20. The molecule has 30 heavy (non-hydrogen) atoms. The van der Waals surface area contributed by atoms with Crippen LogP contribution in [0.5, 0.6) is 0 Å². The predicted octanol–water partition coefficient (Wildman–Crippen LogP) is 2.68. The molecule has 8 nitrogen and oxygen atoms in total. The number of ether oxygens (including phenoxy) is 2. The average molecular weight is 410 g/mol. The number of carbonyl (C=O) groups excluding carboxylic acids is 4. The number of amides is 2. The number of hydrogen-bond acceptors (Lipinski definition) is 6. The Labute approximate surface area is 173 Å². The largest absolute Gasteiger partial charge is 0.449 e. The zero-order valence-electron chi connectivity index (χ0n) is 16.5. The molecule has 2 atom stereocenters. The van der Waals surface area contributed by atoms with E-state index in [1.807, 2.05) is 0 Å². The topological polar surface area (TPSA) is 111 Å². The lowest BCUT2D eigenvalue weighted by Gasteiger charge is -2.13. The molecule has 2 rings (SSSR count). The highest BCUT2D eigenvalue weighted by molar-refractivity contribution is 5.98. The van der Waals surface area contributed by atoms with Crippen molar-refractivity contribution in [2.75, 3.05) is 10.6 Å². The van der Waals surface area contributed by atoms with Crippen LogP contribution in [0.3, 0.4) is 0 Å². The summed E-state index contributed by atoms with van der Waals surface area (Å²) in [5.74, 6) is -2.83. The maximum Gasteiger partial charge on any atom is 0.331 e. The molecule has 2 N–H and O–H groups in total. The quantitative estimate of drug-likeness (QED) is 0.511. The molecule has 8 heteroatoms. The van der Waals surface area contributed by atoms with Gasteiger partial charge in [-0.05, 0) is 38.1 Å². The summed E-state index contributed by atoms with van der Waals surface area (Å²) in [6.45, 7) is 2.80. The van der Waals surface area contributed by atoms with Gasteiger partial charge in [0.05, 0.1) is 0 Å². The van der Waals surface area contributed by atoms with Crippen molar-refractivity contribution in [2.45, 2.75) is 26.1 Å². The maximum atomic E-state index is 12.0. The van der Waals surface area contributed by atoms with E-state index in [4.69, 9.17) is 9.47 Å². The van der Waals surface area contributed by atoms with Gasteiger partial charge < -0.3 is 20.1 Å². The molecule has 0 bridgehead atoms. The van der Waals surface area contributed by atoms with Crippen LogP contribution in [0.2, 0.25) is 0 Å². The van der Waals surface area contributed by atoms with Gasteiger partial charge in [-0.2, -0.15) is 0 Å². The van der Waals surface area contributed by atoms with E-state index in [-0.39, 0.29) is 0 Å². The highest BCUT2D eigenvalue weighted by Gasteiger charge is 2.18. The normalized spacial score (nSPS) is 12.5. The summed E-state index contributed by atoms with van der Waals surface area (Å²) in [6, 6.07) is 17.4. The summed E-state index contributed by atoms with van der Waals surface area (Å²) in [4.78, 5) is 47.6. The van der Waals surface area contributed by atoms with Gasteiger partial charge in [0.15, 0.2) is 12.2 Å². The zero-order valence-corrected chi connectivity index (χ0v) is 16.5. The van der Waals surface area contributed by atoms with E-state index >= 15 is 0 Å². The average Bonchev–Trinajstić information content (AvgIpc) is 2.73. The molecule has 0 heterocycles. The monoisotopic (exact) mass is 410 g/mol. The van der Waals surface area contributed by atoms with E-state index < -0.39 is 36.0 Å². The summed E-state index contributed by atoms with van der Waals surface area (Å²) in [5, 5.41) is 5.19. The second kappa shape index (κ2) is 11.2. The Kier molecular flexibility index (Phi) is 8.31. The van der Waals surface area contributed by atoms with Gasteiger partial charge in [0.25, 0.3) is 11.8 Å². The molecule has 0 radical (unpaired) electrons. The Morgan fingerprint density at radius 1 is 0.667 bits per heavy atom. The minimum Gasteiger partial charge on any atom is -0.449 e. The summed E-state index contributed by atoms with van der Waals surface area (Å²) in [7, 11) is 0. The third-order valence-corrected chi connectivity index (χ3v) is 3.76. The summed E-state index contributed by atoms with van der Waals surface area (Å²) in [5.41, 5.74) is 1.12. The number of hydrogen-bond donors (Lipinski definition) is 2. The number of esters is 2. The smallest absolute Gasteiger partial charge is 0.331 e. The van der Waals surface area contributed by atoms with Crippen LogP contribution in [0.4, 0.5) is 11.4 Å². The van der Waals surface area contributed by atoms with Crippen molar-refractivity contribution in [3.8, 4) is 0 Å². The molecule has 0 spiro atoms. The molecular weight excluding hydrogens is 388 g/mol. The number of anilines is 2. The van der Waals surface area contributed by atoms with Crippen LogP contribution in [-0.4, -0.2) is 36.0 Å². The van der Waals surface area contributed by atoms with Crippen LogP contribution in [0, 0.1) is 0 Å². The van der Waals surface area contributed by atoms with Gasteiger partial charge in [0.2, 0.25) is 0 Å². The van der Waals surface area contributed by atoms with Crippen molar-refractivity contribution >= 4 is 35.1 Å². The van der Waals surface area contributed by atoms with E-state index in [1.165, 1.54) is 13.8 Å². The van der Waals surface area contributed by atoms with E-state index in [9.17, 15) is 19.2 Å². The maximum absolute atomic E-state index is 12.0. The van der Waals surface area contributed by atoms with Gasteiger partial charge in [-0.3, -0.25) is 9.59 Å². The molecule has 0 saturated heterocycles. The molecule has 0 aliphatic heterocycles. The van der Waals surface area contributed by atoms with Crippen molar-refractivity contribution in [1.82, 2.24) is 0 Å². The van der Waals surface area contributed by atoms with Gasteiger partial charge >= 0.3 is 11.9 Å². The Bertz CT molecular complexity index is 836. The zero-order chi connectivity index (χ0) is 21.9. The van der Waals surface area contributed by atoms with Gasteiger partial charge in [-0.25, -0.2) is 9.59 Å². The molecule has 0 saturated carbocycles. The first kappa shape index (κ1) is 22.4. The van der Waals surface area contributed by atoms with E-state index in [2.05, 4.69) is 10.6 Å². The second-order valence-electron chi connectivity index (χ2n) is 6.20. The van der Waals surface area contributed by atoms with Gasteiger partial charge in [-0.1, -0.05) is 36.4 Å². The predicted molar refractivity (Wildman–Crippen MR) is 110 cm³/mol. The van der Waals surface area contributed by atoms with E-state index in [1.54, 1.807) is 60.7 Å². The van der Waals surface area contributed by atoms with Crippen LogP contribution in [-0.2, 0) is 28.7 Å². The number of rotatable bonds is 8. The Morgan fingerprint density at radius 2 is 1.00 bits per heavy atom. The van der Waals surface area contributed by atoms with Crippen molar-refractivity contribution in [3.05, 3.63) is 72.8 Å². The first-order valence-corrected chi connectivity index (χ1v) is 9.16. The highest BCUT2D eigenvalue weighted by atomic mass is 16.6. The van der Waals surface area contributed by atoms with E-state index in [0.29, 0.717) is 11.4 Å². The number of benzene rings is 2. The van der Waals surface area contributed by atoms with Crippen molar-refractivity contribution in [2.24, 2.45) is 0 Å². The highest BCUT2D eigenvalue weighted by Crippen LogP contribution is 2.08. The third kappa shape index (κ3) is 7.59. The lowest BCUT2D eigenvalue weighted by atomic mass is 10.3. The fraction of sp³-hybridized carbons (Fsp3) is 0.182. The SMILES string of the molecule is C[C@H](OC(=O)/C=C/C(=O)O[C@@H](C)C(=O)Nc1ccccc1)C(=O)Nc1ccccc1. The lowest BCUT2D eigenvalue weighted by molar-refractivity contribution is -0.149. The fourth-order valence-electron chi connectivity index (χ4n) is 2.20. The summed E-state index contributed by atoms with van der Waals surface area (Å²) < 4.78 is 9.88. The number of nitrogens with one attached hydrogen (secondary N) is 2. The lowest BCUT2D eigenvalue weighted by Crippen LogP contribution is -2.30. The Balaban J connectivity index is 1.77. The third-order valence-electron chi connectivity index (χ3n) is 3.76. The number of carbonyl (C=O) groups is 4. The minimum atomic E-state index is -1.08. The standard InChI is InChI=1S/C22H22N2O6/c1-15(21(27)23-17-9-5-3-6-10-17)29-19(25)13-14-20(26)30-16(2)22(28)24-18-11-7-4-8-12-18/h3-16H,1-2H3,(H,23,27)(H,24,28)/b14-13+/t15-,16-/m0/s1. The molecule has 0 aromatic heterocycles. The summed E-state index contributed by atoms with van der Waals surface area (Å²) in [6.07, 6.45) is -0.490. The van der Waals surface area contributed by atoms with Crippen molar-refractivity contribution < 1.29 is 28.7 Å². The molecule has 0 unspecified atom stereocenters. The van der Waals surface area contributed by atoms with Crippen LogP contribution in [0.15, 0.2) is 72.8 Å². The fourth-order valence-corrected chi connectivity index (χ4v) is 2.20. The minimum absolute atomic E-state index is 0.517. The van der Waals surface area contributed by atoms with E-state index in [0.717, 1.165) is 12.2 Å². The first-order valence-electron chi connectivity index (χ1n) is 9.16. The van der Waals surface area contributed by atoms with Crippen LogP contribution in [0.1, 0.15) is 13.8 Å². The van der Waals surface area contributed by atoms with Crippen molar-refractivity contribution in [3.63, 3.8) is 0 Å². The molecular formula is C22H22N2O6. The molecule has 156 valence electrons. The molecule has 2 aromatic rings. The number of para-hydroxylation sites is 2. The first-order chi connectivity index (χ1) is 14.3. The molecule has 0 fully saturated rings. The van der Waals surface area contributed by atoms with Crippen LogP contribution < -0.4 is 10.6 Å². The van der Waals surface area contributed by atoms with Gasteiger partial charge in [0.1, 0.15) is 0 Å². The molecule has 2 aromatic carbocycles.